The molecule has 0 aliphatic heterocycles. The molecule has 0 atom stereocenters. The summed E-state index contributed by atoms with van der Waals surface area (Å²) in [6, 6.07) is 69.8. The first-order valence-corrected chi connectivity index (χ1v) is 21.8. The average molecular weight is 824 g/mol. The summed E-state index contributed by atoms with van der Waals surface area (Å²) in [6.45, 7) is 0. The van der Waals surface area contributed by atoms with Crippen LogP contribution in [0.25, 0.3) is 132 Å². The molecular formula is C57H33N3O2S. The highest BCUT2D eigenvalue weighted by molar-refractivity contribution is 7.25. The number of para-hydroxylation sites is 2. The van der Waals surface area contributed by atoms with Crippen LogP contribution in [0.15, 0.2) is 209 Å². The zero-order valence-electron chi connectivity index (χ0n) is 33.6. The van der Waals surface area contributed by atoms with Gasteiger partial charge in [-0.05, 0) is 94.5 Å². The van der Waals surface area contributed by atoms with Crippen molar-refractivity contribution in [1.29, 1.82) is 0 Å². The van der Waals surface area contributed by atoms with Crippen LogP contribution in [0.4, 0.5) is 0 Å². The molecule has 4 heterocycles. The Hall–Kier alpha value is -8.19. The van der Waals surface area contributed by atoms with Crippen molar-refractivity contribution in [2.75, 3.05) is 0 Å². The van der Waals surface area contributed by atoms with Crippen molar-refractivity contribution in [3.05, 3.63) is 200 Å². The van der Waals surface area contributed by atoms with Gasteiger partial charge in [0, 0.05) is 64.0 Å². The van der Waals surface area contributed by atoms with E-state index in [-0.39, 0.29) is 0 Å². The zero-order chi connectivity index (χ0) is 41.4. The molecule has 294 valence electrons. The summed E-state index contributed by atoms with van der Waals surface area (Å²) in [5.74, 6) is 1.75. The van der Waals surface area contributed by atoms with Crippen molar-refractivity contribution in [2.45, 2.75) is 0 Å². The van der Waals surface area contributed by atoms with Crippen LogP contribution in [0.3, 0.4) is 0 Å². The highest BCUT2D eigenvalue weighted by Crippen LogP contribution is 2.44. The van der Waals surface area contributed by atoms with Crippen LogP contribution >= 0.6 is 11.3 Å². The van der Waals surface area contributed by atoms with E-state index in [1.165, 1.54) is 20.2 Å². The molecule has 0 radical (unpaired) electrons. The molecule has 0 fully saturated rings. The Labute approximate surface area is 365 Å². The van der Waals surface area contributed by atoms with E-state index in [1.807, 2.05) is 42.5 Å². The van der Waals surface area contributed by atoms with Gasteiger partial charge in [-0.15, -0.1) is 11.3 Å². The van der Waals surface area contributed by atoms with Gasteiger partial charge in [-0.1, -0.05) is 133 Å². The second kappa shape index (κ2) is 14.2. The van der Waals surface area contributed by atoms with E-state index < -0.39 is 0 Å². The van der Waals surface area contributed by atoms with Crippen LogP contribution in [0, 0.1) is 0 Å². The van der Waals surface area contributed by atoms with E-state index >= 15 is 0 Å². The van der Waals surface area contributed by atoms with Crippen LogP contribution in [0.1, 0.15) is 0 Å². The lowest BCUT2D eigenvalue weighted by molar-refractivity contribution is 0.668. The van der Waals surface area contributed by atoms with Gasteiger partial charge in [0.05, 0.1) is 0 Å². The number of furan rings is 2. The molecule has 4 aromatic heterocycles. The van der Waals surface area contributed by atoms with Gasteiger partial charge in [0.15, 0.2) is 17.5 Å². The first kappa shape index (κ1) is 35.6. The minimum atomic E-state index is 0.564. The normalized spacial score (nSPS) is 11.8. The van der Waals surface area contributed by atoms with E-state index in [0.717, 1.165) is 93.9 Å². The van der Waals surface area contributed by atoms with E-state index in [4.69, 9.17) is 23.8 Å². The average Bonchev–Trinajstić information content (AvgIpc) is 4.05. The lowest BCUT2D eigenvalue weighted by atomic mass is 9.95. The number of nitrogens with zero attached hydrogens (tertiary/aromatic N) is 3. The third kappa shape index (κ3) is 5.95. The number of fused-ring (bicyclic) bond motifs is 9. The Balaban J connectivity index is 1.06. The predicted octanol–water partition coefficient (Wildman–Crippen LogP) is 16.0. The second-order valence-corrected chi connectivity index (χ2v) is 17.0. The predicted molar refractivity (Wildman–Crippen MR) is 260 cm³/mol. The fourth-order valence-electron chi connectivity index (χ4n) is 9.11. The van der Waals surface area contributed by atoms with E-state index in [0.29, 0.717) is 17.5 Å². The molecule has 13 aromatic rings. The largest absolute Gasteiger partial charge is 0.456 e. The minimum absolute atomic E-state index is 0.564. The van der Waals surface area contributed by atoms with Crippen molar-refractivity contribution in [1.82, 2.24) is 15.0 Å². The maximum Gasteiger partial charge on any atom is 0.164 e. The Bertz CT molecular complexity index is 3860. The van der Waals surface area contributed by atoms with E-state index in [1.54, 1.807) is 11.3 Å². The fourth-order valence-corrected chi connectivity index (χ4v) is 10.3. The number of benzene rings is 9. The summed E-state index contributed by atoms with van der Waals surface area (Å²) in [5.41, 5.74) is 12.3. The van der Waals surface area contributed by atoms with Crippen molar-refractivity contribution >= 4 is 75.4 Å². The highest BCUT2D eigenvalue weighted by Gasteiger charge is 2.22. The van der Waals surface area contributed by atoms with Crippen molar-refractivity contribution < 1.29 is 8.83 Å². The number of rotatable bonds is 6. The number of aromatic nitrogens is 3. The van der Waals surface area contributed by atoms with Gasteiger partial charge in [0.25, 0.3) is 0 Å². The Kier molecular flexibility index (Phi) is 8.01. The maximum atomic E-state index is 6.81. The molecule has 0 saturated heterocycles. The van der Waals surface area contributed by atoms with Crippen LogP contribution in [0.2, 0.25) is 0 Å². The molecule has 0 spiro atoms. The van der Waals surface area contributed by atoms with Crippen LogP contribution < -0.4 is 0 Å². The summed E-state index contributed by atoms with van der Waals surface area (Å²) in [5, 5.41) is 6.58. The molecule has 5 nitrogen and oxygen atoms in total. The van der Waals surface area contributed by atoms with Crippen molar-refractivity contribution in [3.8, 4) is 67.5 Å². The Morgan fingerprint density at radius 3 is 1.60 bits per heavy atom. The fraction of sp³-hybridized carbons (Fsp3) is 0. The van der Waals surface area contributed by atoms with Gasteiger partial charge < -0.3 is 8.83 Å². The van der Waals surface area contributed by atoms with Crippen molar-refractivity contribution in [2.24, 2.45) is 0 Å². The first-order chi connectivity index (χ1) is 31.2. The van der Waals surface area contributed by atoms with Gasteiger partial charge in [-0.25, -0.2) is 15.0 Å². The molecule has 9 aromatic carbocycles. The lowest BCUT2D eigenvalue weighted by Crippen LogP contribution is -2.01. The van der Waals surface area contributed by atoms with Gasteiger partial charge >= 0.3 is 0 Å². The monoisotopic (exact) mass is 823 g/mol. The molecule has 0 aliphatic carbocycles. The second-order valence-electron chi connectivity index (χ2n) is 15.9. The molecular weight excluding hydrogens is 791 g/mol. The number of thiophene rings is 1. The van der Waals surface area contributed by atoms with Gasteiger partial charge in [-0.3, -0.25) is 0 Å². The van der Waals surface area contributed by atoms with E-state index in [9.17, 15) is 0 Å². The third-order valence-corrected chi connectivity index (χ3v) is 13.3. The molecule has 0 aliphatic rings. The van der Waals surface area contributed by atoms with Crippen LogP contribution in [-0.2, 0) is 0 Å². The molecule has 0 saturated carbocycles. The van der Waals surface area contributed by atoms with Crippen molar-refractivity contribution in [3.63, 3.8) is 0 Å². The molecule has 0 N–H and O–H groups in total. The summed E-state index contributed by atoms with van der Waals surface area (Å²) >= 11 is 1.79. The van der Waals surface area contributed by atoms with Crippen LogP contribution in [-0.4, -0.2) is 15.0 Å². The molecule has 6 heteroatoms. The summed E-state index contributed by atoms with van der Waals surface area (Å²) in [6.07, 6.45) is 0. The molecule has 63 heavy (non-hydrogen) atoms. The smallest absolute Gasteiger partial charge is 0.164 e. The van der Waals surface area contributed by atoms with Gasteiger partial charge in [0.2, 0.25) is 0 Å². The highest BCUT2D eigenvalue weighted by atomic mass is 32.1. The lowest BCUT2D eigenvalue weighted by Gasteiger charge is -2.13. The Morgan fingerprint density at radius 2 is 0.841 bits per heavy atom. The SMILES string of the molecule is c1ccc(-c2cc(-c3ccccc3)cc(-c3nc(-c4ccc5c(c4)sc4ccccc45)nc(-c4ccc(-c5ccc6c(c5)oc5ccccc56)c5oc6ccccc6c45)n3)c2)cc1. The molecule has 0 amide bonds. The molecule has 13 rings (SSSR count). The summed E-state index contributed by atoms with van der Waals surface area (Å²) < 4.78 is 15.6. The number of hydrogen-bond donors (Lipinski definition) is 0. The standard InChI is InChI=1S/C57H33N3O2S/c1-3-13-34(14-4-1)38-29-39(35-15-5-2-6-16-35)31-40(30-38)56-58-55(37-24-26-45-44-18-9-12-22-51(44)63-52(45)33-37)59-57(60-56)47-28-27-41(54-53(47)46-19-8-11-21-49(46)62-54)36-23-25-43-42-17-7-10-20-48(42)61-50(43)32-36/h1-33H. The van der Waals surface area contributed by atoms with Crippen LogP contribution in [0.5, 0.6) is 0 Å². The third-order valence-electron chi connectivity index (χ3n) is 12.1. The minimum Gasteiger partial charge on any atom is -0.456 e. The topological polar surface area (TPSA) is 65.0 Å². The first-order valence-electron chi connectivity index (χ1n) is 21.0. The van der Waals surface area contributed by atoms with E-state index in [2.05, 4.69) is 158 Å². The van der Waals surface area contributed by atoms with Gasteiger partial charge in [0.1, 0.15) is 22.3 Å². The maximum absolute atomic E-state index is 6.81. The summed E-state index contributed by atoms with van der Waals surface area (Å²) in [4.78, 5) is 16.1. The summed E-state index contributed by atoms with van der Waals surface area (Å²) in [7, 11) is 0. The Morgan fingerprint density at radius 1 is 0.302 bits per heavy atom. The van der Waals surface area contributed by atoms with Gasteiger partial charge in [-0.2, -0.15) is 0 Å². The molecule has 0 bridgehead atoms. The quantitative estimate of drug-likeness (QED) is 0.167. The molecule has 0 unspecified atom stereocenters. The zero-order valence-corrected chi connectivity index (χ0v) is 34.4. The number of hydrogen-bond acceptors (Lipinski definition) is 6.